The average Bonchev–Trinajstić information content (AvgIpc) is 3.30. The fourth-order valence-electron chi connectivity index (χ4n) is 4.50. The first kappa shape index (κ1) is 22.9. The van der Waals surface area contributed by atoms with E-state index in [9.17, 15) is 14.7 Å². The van der Waals surface area contributed by atoms with Crippen molar-refractivity contribution in [3.05, 3.63) is 61.1 Å². The van der Waals surface area contributed by atoms with Crippen LogP contribution in [0.2, 0.25) is 0 Å². The summed E-state index contributed by atoms with van der Waals surface area (Å²) in [6.07, 6.45) is 5.17. The summed E-state index contributed by atoms with van der Waals surface area (Å²) in [5, 5.41) is 14.8. The largest absolute Gasteiger partial charge is 0.487 e. The molecule has 1 aromatic carbocycles. The van der Waals surface area contributed by atoms with Gasteiger partial charge >= 0.3 is 0 Å². The van der Waals surface area contributed by atoms with E-state index in [1.807, 2.05) is 30.3 Å². The number of H-pyrrole nitrogens is 1. The Morgan fingerprint density at radius 3 is 2.66 bits per heavy atom. The van der Waals surface area contributed by atoms with Crippen LogP contribution in [0, 0.1) is 0 Å². The third-order valence-electron chi connectivity index (χ3n) is 6.65. The molecule has 5 rings (SSSR count). The number of ether oxygens (including phenoxy) is 1. The molecule has 0 unspecified atom stereocenters. The molecule has 2 aliphatic rings. The van der Waals surface area contributed by atoms with Crippen molar-refractivity contribution in [2.24, 2.45) is 0 Å². The first-order chi connectivity index (χ1) is 17.0. The minimum absolute atomic E-state index is 0.0477. The van der Waals surface area contributed by atoms with E-state index in [1.165, 1.54) is 12.4 Å². The van der Waals surface area contributed by atoms with Crippen LogP contribution < -0.4 is 10.1 Å². The monoisotopic (exact) mass is 476 g/mol. The Morgan fingerprint density at radius 2 is 1.94 bits per heavy atom. The van der Waals surface area contributed by atoms with E-state index < -0.39 is 5.60 Å². The van der Waals surface area contributed by atoms with Crippen molar-refractivity contribution in [3.8, 4) is 5.75 Å². The Kier molecular flexibility index (Phi) is 6.12. The Morgan fingerprint density at radius 1 is 1.20 bits per heavy atom. The average molecular weight is 477 g/mol. The van der Waals surface area contributed by atoms with Crippen molar-refractivity contribution in [2.75, 3.05) is 38.0 Å². The van der Waals surface area contributed by atoms with Gasteiger partial charge in [-0.2, -0.15) is 0 Å². The molecular formula is C25H28N6O4. The van der Waals surface area contributed by atoms with Crippen LogP contribution in [-0.4, -0.2) is 86.1 Å². The van der Waals surface area contributed by atoms with Crippen molar-refractivity contribution in [1.29, 1.82) is 0 Å². The zero-order chi connectivity index (χ0) is 24.4. The number of nitrogens with one attached hydrogen (secondary N) is 2. The fourth-order valence-corrected chi connectivity index (χ4v) is 4.50. The number of hydrogen-bond donors (Lipinski definition) is 3. The lowest BCUT2D eigenvalue weighted by atomic mass is 9.91. The number of likely N-dealkylation sites (tertiary alicyclic amines) is 2. The van der Waals surface area contributed by atoms with Gasteiger partial charge in [0.25, 0.3) is 5.91 Å². The molecule has 2 fully saturated rings. The van der Waals surface area contributed by atoms with Crippen molar-refractivity contribution in [1.82, 2.24) is 24.8 Å². The summed E-state index contributed by atoms with van der Waals surface area (Å²) in [7, 11) is 0. The van der Waals surface area contributed by atoms with E-state index in [0.29, 0.717) is 61.4 Å². The summed E-state index contributed by atoms with van der Waals surface area (Å²) in [5.74, 6) is 1.01. The number of hydrogen-bond acceptors (Lipinski definition) is 7. The molecule has 0 bridgehead atoms. The Hall–Kier alpha value is -3.92. The molecule has 0 aliphatic carbocycles. The Bertz CT molecular complexity index is 1230. The van der Waals surface area contributed by atoms with Gasteiger partial charge in [0.1, 0.15) is 29.6 Å². The number of benzene rings is 1. The number of carbonyl (C=O) groups is 2. The highest BCUT2D eigenvalue weighted by molar-refractivity contribution is 6.09. The molecule has 0 atom stereocenters. The van der Waals surface area contributed by atoms with Crippen LogP contribution in [0.4, 0.5) is 5.82 Å². The van der Waals surface area contributed by atoms with E-state index >= 15 is 0 Å². The predicted molar refractivity (Wildman–Crippen MR) is 130 cm³/mol. The van der Waals surface area contributed by atoms with Gasteiger partial charge in [-0.25, -0.2) is 9.97 Å². The molecule has 35 heavy (non-hydrogen) atoms. The van der Waals surface area contributed by atoms with Crippen molar-refractivity contribution in [2.45, 2.75) is 24.5 Å². The lowest BCUT2D eigenvalue weighted by molar-refractivity contribution is -0.129. The summed E-state index contributed by atoms with van der Waals surface area (Å²) < 4.78 is 5.91. The van der Waals surface area contributed by atoms with Gasteiger partial charge in [-0.15, -0.1) is 0 Å². The number of piperidine rings is 1. The summed E-state index contributed by atoms with van der Waals surface area (Å²) in [5.41, 5.74) is 0.0244. The highest BCUT2D eigenvalue weighted by Gasteiger charge is 2.36. The second-order valence-corrected chi connectivity index (χ2v) is 9.02. The highest BCUT2D eigenvalue weighted by Crippen LogP contribution is 2.29. The first-order valence-electron chi connectivity index (χ1n) is 11.7. The number of anilines is 1. The normalized spacial score (nSPS) is 17.6. The van der Waals surface area contributed by atoms with Crippen LogP contribution >= 0.6 is 0 Å². The van der Waals surface area contributed by atoms with Gasteiger partial charge in [-0.05, 0) is 31.1 Å². The van der Waals surface area contributed by atoms with Crippen LogP contribution in [-0.2, 0) is 4.79 Å². The third kappa shape index (κ3) is 4.69. The van der Waals surface area contributed by atoms with E-state index in [-0.39, 0.29) is 24.5 Å². The molecule has 2 aromatic heterocycles. The Balaban J connectivity index is 1.24. The van der Waals surface area contributed by atoms with E-state index in [4.69, 9.17) is 4.74 Å². The minimum Gasteiger partial charge on any atom is -0.487 e. The maximum atomic E-state index is 13.2. The minimum atomic E-state index is -0.991. The standard InChI is InChI=1S/C25H28N6O4/c1-2-20(32)30-10-8-25(34,9-11-30)15-27-23-21-19(12-26-22(21)28-16-29-23)24(33)31-13-18(14-31)35-17-6-4-3-5-7-17/h2-7,12,16,18,34H,1,8-11,13-15H2,(H2,26,27,28,29). The lowest BCUT2D eigenvalue weighted by Gasteiger charge is -2.39. The molecule has 0 radical (unpaired) electrons. The van der Waals surface area contributed by atoms with Gasteiger partial charge in [0.2, 0.25) is 5.91 Å². The number of aliphatic hydroxyl groups is 1. The molecule has 2 amide bonds. The topological polar surface area (TPSA) is 124 Å². The number of aromatic amines is 1. The molecule has 10 heteroatoms. The van der Waals surface area contributed by atoms with Gasteiger partial charge in [0.05, 0.1) is 29.6 Å². The third-order valence-corrected chi connectivity index (χ3v) is 6.65. The fraction of sp³-hybridized carbons (Fsp3) is 0.360. The van der Waals surface area contributed by atoms with E-state index in [0.717, 1.165) is 5.75 Å². The number of rotatable bonds is 7. The van der Waals surface area contributed by atoms with Crippen LogP contribution in [0.3, 0.4) is 0 Å². The maximum absolute atomic E-state index is 13.2. The van der Waals surface area contributed by atoms with Crippen molar-refractivity contribution < 1.29 is 19.4 Å². The van der Waals surface area contributed by atoms with Crippen LogP contribution in [0.5, 0.6) is 5.75 Å². The summed E-state index contributed by atoms with van der Waals surface area (Å²) in [6.45, 7) is 5.66. The molecular weight excluding hydrogens is 448 g/mol. The molecule has 182 valence electrons. The number of aromatic nitrogens is 3. The van der Waals surface area contributed by atoms with Crippen molar-refractivity contribution in [3.63, 3.8) is 0 Å². The smallest absolute Gasteiger partial charge is 0.256 e. The highest BCUT2D eigenvalue weighted by atomic mass is 16.5. The quantitative estimate of drug-likeness (QED) is 0.445. The van der Waals surface area contributed by atoms with Gasteiger partial charge in [-0.3, -0.25) is 9.59 Å². The van der Waals surface area contributed by atoms with Crippen LogP contribution in [0.1, 0.15) is 23.2 Å². The summed E-state index contributed by atoms with van der Waals surface area (Å²) in [4.78, 5) is 40.1. The number of carbonyl (C=O) groups excluding carboxylic acids is 2. The van der Waals surface area contributed by atoms with Crippen LogP contribution in [0.25, 0.3) is 11.0 Å². The molecule has 2 saturated heterocycles. The van der Waals surface area contributed by atoms with Crippen molar-refractivity contribution >= 4 is 28.7 Å². The number of amides is 2. The molecule has 10 nitrogen and oxygen atoms in total. The molecule has 3 aromatic rings. The summed E-state index contributed by atoms with van der Waals surface area (Å²) >= 11 is 0. The second kappa shape index (κ2) is 9.38. The molecule has 4 heterocycles. The number of nitrogens with zero attached hydrogens (tertiary/aromatic N) is 4. The van der Waals surface area contributed by atoms with E-state index in [2.05, 4.69) is 26.8 Å². The zero-order valence-electron chi connectivity index (χ0n) is 19.3. The first-order valence-corrected chi connectivity index (χ1v) is 11.7. The molecule has 0 saturated carbocycles. The SMILES string of the molecule is C=CC(=O)N1CCC(O)(CNc2ncnc3[nH]cc(C(=O)N4CC(Oc5ccccc5)C4)c23)CC1. The second-order valence-electron chi connectivity index (χ2n) is 9.02. The van der Waals surface area contributed by atoms with Gasteiger partial charge in [-0.1, -0.05) is 24.8 Å². The predicted octanol–water partition coefficient (Wildman–Crippen LogP) is 1.81. The summed E-state index contributed by atoms with van der Waals surface area (Å²) in [6, 6.07) is 9.55. The molecule has 0 spiro atoms. The van der Waals surface area contributed by atoms with E-state index in [1.54, 1.807) is 16.0 Å². The number of para-hydroxylation sites is 1. The molecule has 3 N–H and O–H groups in total. The van der Waals surface area contributed by atoms with Gasteiger partial charge in [0, 0.05) is 25.8 Å². The van der Waals surface area contributed by atoms with Gasteiger partial charge in [0.15, 0.2) is 0 Å². The van der Waals surface area contributed by atoms with Crippen LogP contribution in [0.15, 0.2) is 55.5 Å². The number of fused-ring (bicyclic) bond motifs is 1. The zero-order valence-corrected chi connectivity index (χ0v) is 19.3. The maximum Gasteiger partial charge on any atom is 0.256 e. The van der Waals surface area contributed by atoms with Gasteiger partial charge < -0.3 is 29.9 Å². The Labute approximate surface area is 202 Å². The lowest BCUT2D eigenvalue weighted by Crippen LogP contribution is -2.56. The molecule has 2 aliphatic heterocycles.